The minimum absolute atomic E-state index is 0.313. The molecule has 0 saturated carbocycles. The van der Waals surface area contributed by atoms with Crippen molar-refractivity contribution in [3.05, 3.63) is 84.3 Å². The highest BCUT2D eigenvalue weighted by atomic mass is 19.3. The third kappa shape index (κ3) is 3.46. The summed E-state index contributed by atoms with van der Waals surface area (Å²) in [5.74, 6) is -3.45. The number of pyridine rings is 1. The molecule has 1 atom stereocenters. The summed E-state index contributed by atoms with van der Waals surface area (Å²) in [6.07, 6.45) is 5.35. The third-order valence-corrected chi connectivity index (χ3v) is 6.39. The first kappa shape index (κ1) is 22.1. The van der Waals surface area contributed by atoms with Crippen LogP contribution < -0.4 is 5.32 Å². The van der Waals surface area contributed by atoms with Crippen molar-refractivity contribution in [1.29, 1.82) is 0 Å². The van der Waals surface area contributed by atoms with Crippen molar-refractivity contribution in [2.45, 2.75) is 25.4 Å². The molecular weight excluding hydrogens is 469 g/mol. The van der Waals surface area contributed by atoms with Gasteiger partial charge in [-0.05, 0) is 42.8 Å². The van der Waals surface area contributed by atoms with Gasteiger partial charge in [-0.2, -0.15) is 13.9 Å². The molecule has 1 N–H and O–H groups in total. The van der Waals surface area contributed by atoms with Crippen LogP contribution in [0.4, 0.5) is 24.8 Å². The fraction of sp³-hybridized carbons (Fsp3) is 0.200. The first-order valence-corrected chi connectivity index (χ1v) is 11.3. The Morgan fingerprint density at radius 3 is 2.64 bits per heavy atom. The molecule has 36 heavy (non-hydrogen) atoms. The summed E-state index contributed by atoms with van der Waals surface area (Å²) in [7, 11) is 1.83. The first-order chi connectivity index (χ1) is 17.3. The summed E-state index contributed by atoms with van der Waals surface area (Å²) < 4.78 is 50.2. The molecule has 0 aliphatic carbocycles. The second kappa shape index (κ2) is 8.08. The van der Waals surface area contributed by atoms with Gasteiger partial charge >= 0.3 is 5.92 Å². The summed E-state index contributed by atoms with van der Waals surface area (Å²) in [4.78, 5) is 4.38. The summed E-state index contributed by atoms with van der Waals surface area (Å²) in [6.45, 7) is 2.25. The standard InChI is InChI=1S/C25H21F3N8/c1-15-13-35-14-17(16-7-9-29-21(12-16)31-22-8-10-30-34(22)2)11-20(35)23-32-33-24(36(15)23)25(27,28)18-5-3-4-6-19(18)26/h3-12,14-15H,13H2,1-2H3,(H,29,31)/t15-/m0/s1. The predicted molar refractivity (Wildman–Crippen MR) is 127 cm³/mol. The molecule has 0 fully saturated rings. The van der Waals surface area contributed by atoms with Gasteiger partial charge in [0.25, 0.3) is 0 Å². The molecule has 1 aliphatic heterocycles. The molecule has 0 amide bonds. The number of anilines is 2. The minimum atomic E-state index is -3.64. The van der Waals surface area contributed by atoms with Gasteiger partial charge in [0.15, 0.2) is 5.82 Å². The molecule has 1 aromatic carbocycles. The van der Waals surface area contributed by atoms with Crippen molar-refractivity contribution in [2.75, 3.05) is 5.32 Å². The van der Waals surface area contributed by atoms with Crippen LogP contribution in [0.1, 0.15) is 24.4 Å². The topological polar surface area (TPSA) is 78.4 Å². The van der Waals surface area contributed by atoms with Gasteiger partial charge in [-0.3, -0.25) is 9.25 Å². The Labute approximate surface area is 204 Å². The molecule has 11 heteroatoms. The number of aryl methyl sites for hydroxylation is 1. The van der Waals surface area contributed by atoms with Crippen LogP contribution in [0, 0.1) is 5.82 Å². The van der Waals surface area contributed by atoms with Crippen molar-refractivity contribution in [3.63, 3.8) is 0 Å². The highest BCUT2D eigenvalue weighted by Crippen LogP contribution is 2.41. The number of rotatable bonds is 5. The molecule has 1 aliphatic rings. The fourth-order valence-electron chi connectivity index (χ4n) is 4.61. The number of nitrogens with zero attached hydrogens (tertiary/aromatic N) is 7. The smallest absolute Gasteiger partial charge is 0.334 e. The molecule has 5 aromatic rings. The summed E-state index contributed by atoms with van der Waals surface area (Å²) in [6, 6.07) is 12.0. The maximum Gasteiger partial charge on any atom is 0.334 e. The van der Waals surface area contributed by atoms with E-state index in [1.807, 2.05) is 49.0 Å². The normalized spacial score (nSPS) is 15.0. The van der Waals surface area contributed by atoms with Crippen molar-refractivity contribution in [1.82, 2.24) is 34.1 Å². The first-order valence-electron chi connectivity index (χ1n) is 11.3. The zero-order valence-corrected chi connectivity index (χ0v) is 19.4. The van der Waals surface area contributed by atoms with Crippen molar-refractivity contribution < 1.29 is 13.2 Å². The van der Waals surface area contributed by atoms with Crippen molar-refractivity contribution in [3.8, 4) is 22.6 Å². The van der Waals surface area contributed by atoms with Crippen LogP contribution in [-0.2, 0) is 19.5 Å². The Morgan fingerprint density at radius 2 is 1.86 bits per heavy atom. The Kier molecular flexibility index (Phi) is 4.95. The zero-order valence-electron chi connectivity index (χ0n) is 19.4. The zero-order chi connectivity index (χ0) is 25.0. The molecule has 0 spiro atoms. The number of fused-ring (bicyclic) bond motifs is 3. The van der Waals surface area contributed by atoms with Gasteiger partial charge in [0, 0.05) is 37.6 Å². The Hall–Kier alpha value is -4.41. The van der Waals surface area contributed by atoms with Crippen LogP contribution in [0.15, 0.2) is 67.1 Å². The van der Waals surface area contributed by atoms with E-state index in [0.717, 1.165) is 29.1 Å². The van der Waals surface area contributed by atoms with Crippen molar-refractivity contribution >= 4 is 11.6 Å². The SMILES string of the molecule is C[C@H]1Cn2cc(-c3ccnc(Nc4ccnn4C)c3)cc2-c2nnc(C(F)(F)c3ccccc3F)n21. The van der Waals surface area contributed by atoms with Gasteiger partial charge in [0.05, 0.1) is 23.5 Å². The average Bonchev–Trinajstić information content (AvgIpc) is 3.58. The lowest BCUT2D eigenvalue weighted by Gasteiger charge is -2.27. The van der Waals surface area contributed by atoms with Crippen LogP contribution in [0.2, 0.25) is 0 Å². The maximum atomic E-state index is 15.4. The minimum Gasteiger partial charge on any atom is -0.342 e. The fourth-order valence-corrected chi connectivity index (χ4v) is 4.61. The highest BCUT2D eigenvalue weighted by Gasteiger charge is 2.44. The largest absolute Gasteiger partial charge is 0.342 e. The number of nitrogens with one attached hydrogen (secondary N) is 1. The van der Waals surface area contributed by atoms with Gasteiger partial charge in [-0.25, -0.2) is 9.37 Å². The molecule has 0 bridgehead atoms. The van der Waals surface area contributed by atoms with Crippen LogP contribution in [0.25, 0.3) is 22.6 Å². The molecular formula is C25H21F3N8. The van der Waals surface area contributed by atoms with E-state index < -0.39 is 23.1 Å². The molecule has 0 radical (unpaired) electrons. The second-order valence-corrected chi connectivity index (χ2v) is 8.78. The quantitative estimate of drug-likeness (QED) is 0.369. The highest BCUT2D eigenvalue weighted by molar-refractivity contribution is 5.72. The molecule has 4 aromatic heterocycles. The van der Waals surface area contributed by atoms with E-state index in [1.54, 1.807) is 17.1 Å². The van der Waals surface area contributed by atoms with Crippen LogP contribution in [0.3, 0.4) is 0 Å². The van der Waals surface area contributed by atoms with Gasteiger partial charge in [-0.15, -0.1) is 10.2 Å². The average molecular weight is 490 g/mol. The van der Waals surface area contributed by atoms with E-state index in [-0.39, 0.29) is 6.04 Å². The van der Waals surface area contributed by atoms with E-state index in [0.29, 0.717) is 23.9 Å². The second-order valence-electron chi connectivity index (χ2n) is 8.78. The summed E-state index contributed by atoms with van der Waals surface area (Å²) in [5, 5.41) is 15.3. The van der Waals surface area contributed by atoms with E-state index >= 15 is 8.78 Å². The maximum absolute atomic E-state index is 15.4. The number of aromatic nitrogens is 7. The van der Waals surface area contributed by atoms with Gasteiger partial charge < -0.3 is 9.88 Å². The van der Waals surface area contributed by atoms with Crippen molar-refractivity contribution in [2.24, 2.45) is 7.05 Å². The van der Waals surface area contributed by atoms with Gasteiger partial charge in [-0.1, -0.05) is 12.1 Å². The molecule has 5 heterocycles. The Morgan fingerprint density at radius 1 is 1.03 bits per heavy atom. The number of hydrogen-bond donors (Lipinski definition) is 1. The molecule has 8 nitrogen and oxygen atoms in total. The van der Waals surface area contributed by atoms with E-state index in [9.17, 15) is 4.39 Å². The Bertz CT molecular complexity index is 1580. The predicted octanol–water partition coefficient (Wildman–Crippen LogP) is 5.14. The van der Waals surface area contributed by atoms with Crippen LogP contribution in [0.5, 0.6) is 0 Å². The molecule has 0 saturated heterocycles. The van der Waals surface area contributed by atoms with Gasteiger partial charge in [0.1, 0.15) is 17.5 Å². The Balaban J connectivity index is 1.38. The molecule has 182 valence electrons. The number of alkyl halides is 2. The summed E-state index contributed by atoms with van der Waals surface area (Å²) >= 11 is 0. The molecule has 6 rings (SSSR count). The lowest BCUT2D eigenvalue weighted by Crippen LogP contribution is -2.28. The molecule has 0 unspecified atom stereocenters. The van der Waals surface area contributed by atoms with Crippen LogP contribution >= 0.6 is 0 Å². The van der Waals surface area contributed by atoms with E-state index in [4.69, 9.17) is 0 Å². The van der Waals surface area contributed by atoms with E-state index in [2.05, 4.69) is 25.6 Å². The third-order valence-electron chi connectivity index (χ3n) is 6.39. The van der Waals surface area contributed by atoms with E-state index in [1.165, 1.54) is 16.7 Å². The number of benzene rings is 1. The number of halogens is 3. The monoisotopic (exact) mass is 490 g/mol. The lowest BCUT2D eigenvalue weighted by atomic mass is 10.1. The van der Waals surface area contributed by atoms with Crippen LogP contribution in [-0.4, -0.2) is 34.1 Å². The lowest BCUT2D eigenvalue weighted by molar-refractivity contribution is 0.0231. The summed E-state index contributed by atoms with van der Waals surface area (Å²) in [5.41, 5.74) is 1.71. The van der Waals surface area contributed by atoms with Gasteiger partial charge in [0.2, 0.25) is 5.82 Å². The number of hydrogen-bond acceptors (Lipinski definition) is 5.